The van der Waals surface area contributed by atoms with Crippen LogP contribution in [0.25, 0.3) is 115 Å². The van der Waals surface area contributed by atoms with Crippen molar-refractivity contribution in [1.29, 1.82) is 0 Å². The van der Waals surface area contributed by atoms with Crippen molar-refractivity contribution < 1.29 is 0 Å². The molecule has 0 unspecified atom stereocenters. The highest BCUT2D eigenvalue weighted by molar-refractivity contribution is 6.15. The molecule has 0 aliphatic heterocycles. The van der Waals surface area contributed by atoms with Crippen LogP contribution in [0.15, 0.2) is 182 Å². The topological polar surface area (TPSA) is 14.8 Å². The van der Waals surface area contributed by atoms with Crippen molar-refractivity contribution in [3.8, 4) is 28.2 Å². The Labute approximate surface area is 397 Å². The van der Waals surface area contributed by atoms with Gasteiger partial charge in [-0.15, -0.1) is 0 Å². The van der Waals surface area contributed by atoms with Gasteiger partial charge in [-0.2, -0.15) is 0 Å². The lowest BCUT2D eigenvalue weighted by molar-refractivity contribution is 1.13. The molecule has 0 saturated carbocycles. The normalized spacial score (nSPS) is 12.1. The minimum absolute atomic E-state index is 1.01. The Morgan fingerprint density at radius 1 is 0.279 bits per heavy atom. The lowest BCUT2D eigenvalue weighted by Gasteiger charge is -2.14. The molecular formula is C65H53N3. The molecule has 13 aromatic rings. The molecule has 0 aliphatic rings. The summed E-state index contributed by atoms with van der Waals surface area (Å²) in [6.07, 6.45) is 4.03. The number of aromatic nitrogens is 3. The van der Waals surface area contributed by atoms with E-state index in [1.54, 1.807) is 0 Å². The van der Waals surface area contributed by atoms with Crippen molar-refractivity contribution in [3.05, 3.63) is 210 Å². The fraction of sp³-hybridized carbons (Fsp3) is 0.138. The Kier molecular flexibility index (Phi) is 9.27. The maximum absolute atomic E-state index is 2.49. The monoisotopic (exact) mass is 875 g/mol. The van der Waals surface area contributed by atoms with E-state index >= 15 is 0 Å². The van der Waals surface area contributed by atoms with E-state index in [1.165, 1.54) is 137 Å². The number of fused-ring (bicyclic) bond motifs is 11. The lowest BCUT2D eigenvalue weighted by Crippen LogP contribution is -1.97. The van der Waals surface area contributed by atoms with E-state index in [9.17, 15) is 0 Å². The van der Waals surface area contributed by atoms with E-state index in [-0.39, 0.29) is 0 Å². The third-order valence-corrected chi connectivity index (χ3v) is 15.1. The molecule has 0 aliphatic carbocycles. The van der Waals surface area contributed by atoms with Gasteiger partial charge in [-0.25, -0.2) is 0 Å². The van der Waals surface area contributed by atoms with Gasteiger partial charge in [0.15, 0.2) is 0 Å². The maximum Gasteiger partial charge on any atom is 0.0542 e. The van der Waals surface area contributed by atoms with Crippen LogP contribution in [0.1, 0.15) is 55.5 Å². The van der Waals surface area contributed by atoms with Crippen LogP contribution in [0, 0.1) is 6.92 Å². The number of hydrogen-bond acceptors (Lipinski definition) is 0. The van der Waals surface area contributed by atoms with E-state index < -0.39 is 0 Å². The molecule has 3 heteroatoms. The molecule has 0 atom stereocenters. The SMILES string of the molecule is CCc1ccc2c(c1)c1cc(CC)ccc1n2-c1ccc2c(c1)c1cc(-n3c4ccc(CC)cc4c4cc(CC)ccc43)ccc1n2-c1ccc2c(-c3cccc4cc(C)ccc34)cccc2c1. The highest BCUT2D eigenvalue weighted by atomic mass is 15.0. The first kappa shape index (κ1) is 40.4. The lowest BCUT2D eigenvalue weighted by atomic mass is 9.93. The third-order valence-electron chi connectivity index (χ3n) is 15.1. The van der Waals surface area contributed by atoms with Crippen LogP contribution in [0.3, 0.4) is 0 Å². The molecule has 0 amide bonds. The van der Waals surface area contributed by atoms with Crippen molar-refractivity contribution in [3.63, 3.8) is 0 Å². The van der Waals surface area contributed by atoms with E-state index in [0.717, 1.165) is 31.4 Å². The minimum atomic E-state index is 1.01. The van der Waals surface area contributed by atoms with Crippen LogP contribution < -0.4 is 0 Å². The summed E-state index contributed by atoms with van der Waals surface area (Å²) >= 11 is 0. The van der Waals surface area contributed by atoms with Crippen molar-refractivity contribution >= 4 is 87.0 Å². The van der Waals surface area contributed by atoms with Crippen molar-refractivity contribution in [2.45, 2.75) is 60.3 Å². The van der Waals surface area contributed by atoms with Gasteiger partial charge >= 0.3 is 0 Å². The molecule has 0 spiro atoms. The molecule has 0 saturated heterocycles. The van der Waals surface area contributed by atoms with Gasteiger partial charge in [-0.1, -0.05) is 118 Å². The van der Waals surface area contributed by atoms with Crippen LogP contribution >= 0.6 is 0 Å². The summed E-state index contributed by atoms with van der Waals surface area (Å²) in [6, 6.07) is 69.8. The number of benzene rings is 10. The molecular weight excluding hydrogens is 823 g/mol. The second kappa shape index (κ2) is 15.6. The zero-order valence-electron chi connectivity index (χ0n) is 39.5. The van der Waals surface area contributed by atoms with Gasteiger partial charge in [0.05, 0.1) is 33.1 Å². The average Bonchev–Trinajstić information content (AvgIpc) is 4.01. The first-order valence-electron chi connectivity index (χ1n) is 24.6. The van der Waals surface area contributed by atoms with E-state index in [4.69, 9.17) is 0 Å². The molecule has 3 heterocycles. The molecule has 3 nitrogen and oxygen atoms in total. The number of nitrogens with zero attached hydrogens (tertiary/aromatic N) is 3. The zero-order valence-corrected chi connectivity index (χ0v) is 39.5. The number of hydrogen-bond donors (Lipinski definition) is 0. The summed E-state index contributed by atoms with van der Waals surface area (Å²) in [6.45, 7) is 11.2. The van der Waals surface area contributed by atoms with E-state index in [2.05, 4.69) is 230 Å². The highest BCUT2D eigenvalue weighted by Gasteiger charge is 2.21. The van der Waals surface area contributed by atoms with Crippen molar-refractivity contribution in [1.82, 2.24) is 13.7 Å². The summed E-state index contributed by atoms with van der Waals surface area (Å²) in [4.78, 5) is 0. The Morgan fingerprint density at radius 2 is 0.603 bits per heavy atom. The van der Waals surface area contributed by atoms with Gasteiger partial charge in [0, 0.05) is 49.4 Å². The van der Waals surface area contributed by atoms with Crippen LogP contribution in [0.4, 0.5) is 0 Å². The second-order valence-corrected chi connectivity index (χ2v) is 19.0. The molecule has 0 bridgehead atoms. The smallest absolute Gasteiger partial charge is 0.0542 e. The molecule has 0 radical (unpaired) electrons. The predicted octanol–water partition coefficient (Wildman–Crippen LogP) is 17.5. The summed E-state index contributed by atoms with van der Waals surface area (Å²) in [5.41, 5.74) is 20.1. The van der Waals surface area contributed by atoms with Gasteiger partial charge < -0.3 is 13.7 Å². The number of rotatable bonds is 8. The van der Waals surface area contributed by atoms with Gasteiger partial charge in [0.25, 0.3) is 0 Å². The molecule has 13 rings (SSSR count). The average molecular weight is 876 g/mol. The van der Waals surface area contributed by atoms with Crippen molar-refractivity contribution in [2.75, 3.05) is 0 Å². The first-order chi connectivity index (χ1) is 33.4. The maximum atomic E-state index is 2.49. The van der Waals surface area contributed by atoms with Gasteiger partial charge in [0.2, 0.25) is 0 Å². The Morgan fingerprint density at radius 3 is 1.00 bits per heavy atom. The predicted molar refractivity (Wildman–Crippen MR) is 292 cm³/mol. The quantitative estimate of drug-likeness (QED) is 0.144. The second-order valence-electron chi connectivity index (χ2n) is 19.0. The highest BCUT2D eigenvalue weighted by Crippen LogP contribution is 2.42. The van der Waals surface area contributed by atoms with E-state index in [1.807, 2.05) is 0 Å². The molecule has 10 aromatic carbocycles. The summed E-state index contributed by atoms with van der Waals surface area (Å²) in [7, 11) is 0. The molecule has 3 aromatic heterocycles. The first-order valence-corrected chi connectivity index (χ1v) is 24.6. The fourth-order valence-corrected chi connectivity index (χ4v) is 11.5. The standard InChI is InChI=1S/C65H53N3/c1-6-41-17-26-60-54(33-41)55-34-42(7-2)18-27-61(55)67(60)48-22-30-64-58(38-48)59-39-49(68-62-28-19-43(8-3)35-56(62)57-36-44(9-4)20-29-63(57)68)23-31-65(59)66(64)47-21-25-51-46(37-47)13-11-15-53(51)52-14-10-12-45-32-40(5)16-24-50(45)52/h10-39H,6-9H2,1-5H3. The Bertz CT molecular complexity index is 3900. The summed E-state index contributed by atoms with van der Waals surface area (Å²) in [5, 5.41) is 12.8. The summed E-state index contributed by atoms with van der Waals surface area (Å²) in [5.74, 6) is 0. The van der Waals surface area contributed by atoms with Crippen molar-refractivity contribution in [2.24, 2.45) is 0 Å². The van der Waals surface area contributed by atoms with Crippen LogP contribution in [-0.4, -0.2) is 13.7 Å². The molecule has 0 N–H and O–H groups in total. The number of aryl methyl sites for hydroxylation is 5. The molecule has 328 valence electrons. The van der Waals surface area contributed by atoms with Gasteiger partial charge in [0.1, 0.15) is 0 Å². The zero-order chi connectivity index (χ0) is 45.8. The summed E-state index contributed by atoms with van der Waals surface area (Å²) < 4.78 is 7.47. The minimum Gasteiger partial charge on any atom is -0.309 e. The van der Waals surface area contributed by atoms with Crippen LogP contribution in [-0.2, 0) is 25.7 Å². The largest absolute Gasteiger partial charge is 0.309 e. The van der Waals surface area contributed by atoms with E-state index in [0.29, 0.717) is 0 Å². The van der Waals surface area contributed by atoms with Gasteiger partial charge in [-0.05, 0) is 185 Å². The third kappa shape index (κ3) is 6.11. The fourth-order valence-electron chi connectivity index (χ4n) is 11.5. The molecule has 0 fully saturated rings. The van der Waals surface area contributed by atoms with Crippen LogP contribution in [0.2, 0.25) is 0 Å². The van der Waals surface area contributed by atoms with Gasteiger partial charge in [-0.3, -0.25) is 0 Å². The Hall–Kier alpha value is -7.88. The Balaban J connectivity index is 1.07. The van der Waals surface area contributed by atoms with Crippen LogP contribution in [0.5, 0.6) is 0 Å². The molecule has 68 heavy (non-hydrogen) atoms.